The minimum Gasteiger partial charge on any atom is -0.497 e. The molecular weight excluding hydrogens is 374 g/mol. The molecular formula is C21H23N3O5. The molecule has 8 heteroatoms. The number of hydrogen-bond acceptors (Lipinski definition) is 6. The average molecular weight is 397 g/mol. The summed E-state index contributed by atoms with van der Waals surface area (Å²) in [6, 6.07) is 11.4. The summed E-state index contributed by atoms with van der Waals surface area (Å²) >= 11 is 0. The van der Waals surface area contributed by atoms with Gasteiger partial charge in [-0.3, -0.25) is 9.59 Å². The van der Waals surface area contributed by atoms with Crippen molar-refractivity contribution < 1.29 is 23.8 Å². The van der Waals surface area contributed by atoms with E-state index >= 15 is 0 Å². The molecule has 0 aliphatic carbocycles. The van der Waals surface area contributed by atoms with Gasteiger partial charge in [-0.05, 0) is 41.8 Å². The molecule has 1 aliphatic heterocycles. The Labute approximate surface area is 168 Å². The van der Waals surface area contributed by atoms with Crippen LogP contribution in [0.5, 0.6) is 17.2 Å². The zero-order chi connectivity index (χ0) is 20.8. The largest absolute Gasteiger partial charge is 0.497 e. The molecule has 0 radical (unpaired) electrons. The first-order chi connectivity index (χ1) is 14.0. The zero-order valence-corrected chi connectivity index (χ0v) is 16.5. The van der Waals surface area contributed by atoms with Gasteiger partial charge in [-0.15, -0.1) is 0 Å². The van der Waals surface area contributed by atoms with Crippen molar-refractivity contribution in [2.45, 2.75) is 19.9 Å². The van der Waals surface area contributed by atoms with Gasteiger partial charge < -0.3 is 19.5 Å². The van der Waals surface area contributed by atoms with Gasteiger partial charge in [0.05, 0.1) is 13.3 Å². The predicted molar refractivity (Wildman–Crippen MR) is 107 cm³/mol. The van der Waals surface area contributed by atoms with Gasteiger partial charge in [-0.2, -0.15) is 5.10 Å². The molecule has 152 valence electrons. The first-order valence-electron chi connectivity index (χ1n) is 9.15. The number of nitrogens with zero attached hydrogens (tertiary/aromatic N) is 1. The number of carbonyl (C=O) groups excluding carboxylic acids is 2. The highest BCUT2D eigenvalue weighted by atomic mass is 16.7. The molecule has 1 heterocycles. The van der Waals surface area contributed by atoms with E-state index in [9.17, 15) is 9.59 Å². The molecule has 0 fully saturated rings. The maximum Gasteiger partial charge on any atom is 0.262 e. The first-order valence-corrected chi connectivity index (χ1v) is 9.15. The zero-order valence-electron chi connectivity index (χ0n) is 16.5. The summed E-state index contributed by atoms with van der Waals surface area (Å²) in [6.07, 6.45) is 1.51. The molecule has 8 nitrogen and oxygen atoms in total. The molecule has 0 saturated carbocycles. The van der Waals surface area contributed by atoms with Crippen LogP contribution < -0.4 is 25.0 Å². The summed E-state index contributed by atoms with van der Waals surface area (Å²) in [4.78, 5) is 25.1. The van der Waals surface area contributed by atoms with Gasteiger partial charge in [0.25, 0.3) is 11.8 Å². The molecule has 2 aromatic rings. The first kappa shape index (κ1) is 20.2. The third kappa shape index (κ3) is 5.04. The van der Waals surface area contributed by atoms with Crippen molar-refractivity contribution in [3.63, 3.8) is 0 Å². The third-order valence-corrected chi connectivity index (χ3v) is 4.35. The Morgan fingerprint density at radius 2 is 1.93 bits per heavy atom. The van der Waals surface area contributed by atoms with Gasteiger partial charge in [-0.25, -0.2) is 5.43 Å². The van der Waals surface area contributed by atoms with Crippen molar-refractivity contribution in [1.29, 1.82) is 0 Å². The highest BCUT2D eigenvalue weighted by Gasteiger charge is 2.25. The minimum absolute atomic E-state index is 0.128. The summed E-state index contributed by atoms with van der Waals surface area (Å²) in [5.74, 6) is 0.858. The van der Waals surface area contributed by atoms with Crippen molar-refractivity contribution in [2.75, 3.05) is 13.9 Å². The number of amides is 2. The summed E-state index contributed by atoms with van der Waals surface area (Å²) in [6.45, 7) is 3.81. The monoisotopic (exact) mass is 397 g/mol. The van der Waals surface area contributed by atoms with Gasteiger partial charge in [0, 0.05) is 5.56 Å². The van der Waals surface area contributed by atoms with E-state index in [0.717, 1.165) is 5.56 Å². The Morgan fingerprint density at radius 3 is 2.69 bits per heavy atom. The standard InChI is InChI=1S/C21H23N3O5/c1-13(2)19(21(26)24-22-11-14-5-4-6-16(9-14)27-3)23-20(25)15-7-8-17-18(10-15)29-12-28-17/h4-11,13,19H,12H2,1-3H3,(H,23,25)(H,24,26). The number of ether oxygens (including phenoxy) is 3. The second-order valence-electron chi connectivity index (χ2n) is 6.77. The van der Waals surface area contributed by atoms with Gasteiger partial charge >= 0.3 is 0 Å². The van der Waals surface area contributed by atoms with E-state index in [1.54, 1.807) is 31.4 Å². The fourth-order valence-electron chi connectivity index (χ4n) is 2.76. The number of rotatable bonds is 7. The summed E-state index contributed by atoms with van der Waals surface area (Å²) in [5.41, 5.74) is 3.63. The summed E-state index contributed by atoms with van der Waals surface area (Å²) < 4.78 is 15.7. The maximum absolute atomic E-state index is 12.6. The second kappa shape index (κ2) is 9.09. The van der Waals surface area contributed by atoms with Crippen LogP contribution in [-0.2, 0) is 4.79 Å². The summed E-state index contributed by atoms with van der Waals surface area (Å²) in [5, 5.41) is 6.73. The smallest absolute Gasteiger partial charge is 0.262 e. The van der Waals surface area contributed by atoms with Crippen LogP contribution in [0, 0.1) is 5.92 Å². The number of carbonyl (C=O) groups is 2. The minimum atomic E-state index is -0.754. The number of benzene rings is 2. The molecule has 2 aromatic carbocycles. The van der Waals surface area contributed by atoms with E-state index < -0.39 is 11.9 Å². The maximum atomic E-state index is 12.6. The van der Waals surface area contributed by atoms with Crippen LogP contribution >= 0.6 is 0 Å². The molecule has 3 rings (SSSR count). The van der Waals surface area contributed by atoms with Crippen LogP contribution in [0.4, 0.5) is 0 Å². The van der Waals surface area contributed by atoms with E-state index in [2.05, 4.69) is 15.8 Å². The van der Waals surface area contributed by atoms with Crippen LogP contribution in [0.25, 0.3) is 0 Å². The molecule has 2 N–H and O–H groups in total. The lowest BCUT2D eigenvalue weighted by Gasteiger charge is -2.20. The number of methoxy groups -OCH3 is 1. The Morgan fingerprint density at radius 1 is 1.14 bits per heavy atom. The molecule has 2 amide bonds. The molecule has 1 unspecified atom stereocenters. The molecule has 29 heavy (non-hydrogen) atoms. The molecule has 1 aliphatic rings. The van der Waals surface area contributed by atoms with E-state index in [-0.39, 0.29) is 18.6 Å². The Balaban J connectivity index is 1.63. The highest BCUT2D eigenvalue weighted by molar-refractivity contribution is 5.98. The van der Waals surface area contributed by atoms with Crippen molar-refractivity contribution in [1.82, 2.24) is 10.7 Å². The number of nitrogens with one attached hydrogen (secondary N) is 2. The predicted octanol–water partition coefficient (Wildman–Crippen LogP) is 2.33. The van der Waals surface area contributed by atoms with Crippen LogP contribution in [0.15, 0.2) is 47.6 Å². The molecule has 1 atom stereocenters. The van der Waals surface area contributed by atoms with E-state index in [1.807, 2.05) is 32.0 Å². The fraction of sp³-hybridized carbons (Fsp3) is 0.286. The Bertz CT molecular complexity index is 926. The number of hydrogen-bond donors (Lipinski definition) is 2. The summed E-state index contributed by atoms with van der Waals surface area (Å²) in [7, 11) is 1.58. The SMILES string of the molecule is COc1cccc(C=NNC(=O)C(NC(=O)c2ccc3c(c2)OCO3)C(C)C)c1. The number of hydrazone groups is 1. The van der Waals surface area contributed by atoms with E-state index in [4.69, 9.17) is 14.2 Å². The fourth-order valence-corrected chi connectivity index (χ4v) is 2.76. The Kier molecular flexibility index (Phi) is 6.33. The van der Waals surface area contributed by atoms with Crippen LogP contribution in [0.3, 0.4) is 0 Å². The number of fused-ring (bicyclic) bond motifs is 1. The quantitative estimate of drug-likeness (QED) is 0.552. The Hall–Kier alpha value is -3.55. The van der Waals surface area contributed by atoms with Crippen LogP contribution in [0.1, 0.15) is 29.8 Å². The lowest BCUT2D eigenvalue weighted by atomic mass is 10.0. The lowest BCUT2D eigenvalue weighted by Crippen LogP contribution is -2.48. The third-order valence-electron chi connectivity index (χ3n) is 4.35. The van der Waals surface area contributed by atoms with Crippen molar-refractivity contribution in [2.24, 2.45) is 11.0 Å². The van der Waals surface area contributed by atoms with Gasteiger partial charge in [0.2, 0.25) is 6.79 Å². The molecule has 0 saturated heterocycles. The molecule has 0 spiro atoms. The van der Waals surface area contributed by atoms with Crippen molar-refractivity contribution >= 4 is 18.0 Å². The average Bonchev–Trinajstić information content (AvgIpc) is 3.19. The van der Waals surface area contributed by atoms with Crippen LogP contribution in [0.2, 0.25) is 0 Å². The van der Waals surface area contributed by atoms with Gasteiger partial charge in [0.1, 0.15) is 11.8 Å². The van der Waals surface area contributed by atoms with Crippen molar-refractivity contribution in [3.05, 3.63) is 53.6 Å². The van der Waals surface area contributed by atoms with Crippen molar-refractivity contribution in [3.8, 4) is 17.2 Å². The highest BCUT2D eigenvalue weighted by Crippen LogP contribution is 2.32. The van der Waals surface area contributed by atoms with Gasteiger partial charge in [0.15, 0.2) is 11.5 Å². The topological polar surface area (TPSA) is 98.2 Å². The molecule has 0 aromatic heterocycles. The van der Waals surface area contributed by atoms with Gasteiger partial charge in [-0.1, -0.05) is 26.0 Å². The normalized spacial score (nSPS) is 13.4. The molecule has 0 bridgehead atoms. The van der Waals surface area contributed by atoms with E-state index in [1.165, 1.54) is 6.21 Å². The lowest BCUT2D eigenvalue weighted by molar-refractivity contribution is -0.123. The van der Waals surface area contributed by atoms with E-state index in [0.29, 0.717) is 22.8 Å². The van der Waals surface area contributed by atoms with Crippen LogP contribution in [-0.4, -0.2) is 38.0 Å². The second-order valence-corrected chi connectivity index (χ2v) is 6.77.